The number of hydrogen-bond donors (Lipinski definition) is 0. The van der Waals surface area contributed by atoms with Gasteiger partial charge in [-0.15, -0.1) is 0 Å². The molecule has 0 fully saturated rings. The molecule has 42 heavy (non-hydrogen) atoms. The summed E-state index contributed by atoms with van der Waals surface area (Å²) in [5, 5.41) is 0. The van der Waals surface area contributed by atoms with Crippen molar-refractivity contribution < 1.29 is 29.4 Å². The van der Waals surface area contributed by atoms with E-state index in [0.29, 0.717) is 27.1 Å². The van der Waals surface area contributed by atoms with Gasteiger partial charge in [-0.3, -0.25) is 0 Å². The Hall–Kier alpha value is -3.12. The molecule has 0 amide bonds. The first-order valence-electron chi connectivity index (χ1n) is 14.0. The fraction of sp³-hybridized carbons (Fsp3) is 0.412. The van der Waals surface area contributed by atoms with Gasteiger partial charge in [-0.2, -0.15) is 0 Å². The summed E-state index contributed by atoms with van der Waals surface area (Å²) in [4.78, 5) is 26.2. The molecule has 7 nitrogen and oxygen atoms in total. The Labute approximate surface area is 252 Å². The zero-order chi connectivity index (χ0) is 31.6. The third-order valence-electron chi connectivity index (χ3n) is 5.79. The van der Waals surface area contributed by atoms with E-state index >= 15 is 0 Å². The molecular weight excluding hydrogens is 729 g/mol. The Kier molecular flexibility index (Phi) is 9.44. The molecule has 0 radical (unpaired) electrons. The van der Waals surface area contributed by atoms with Crippen molar-refractivity contribution in [3.63, 3.8) is 0 Å². The van der Waals surface area contributed by atoms with E-state index in [4.69, 9.17) is 19.8 Å². The Morgan fingerprint density at radius 1 is 0.452 bits per heavy atom. The predicted molar refractivity (Wildman–Crippen MR) is 169 cm³/mol. The van der Waals surface area contributed by atoms with Crippen molar-refractivity contribution in [2.75, 3.05) is 0 Å². The Morgan fingerprint density at radius 2 is 0.667 bits per heavy atom. The van der Waals surface area contributed by atoms with E-state index in [0.717, 1.165) is 0 Å². The van der Waals surface area contributed by atoms with Crippen LogP contribution in [0.2, 0.25) is 0 Å². The van der Waals surface area contributed by atoms with Crippen LogP contribution in [0.3, 0.4) is 0 Å². The number of carbonyl (C=O) groups is 2. The normalized spacial score (nSPS) is 13.4. The van der Waals surface area contributed by atoms with Crippen LogP contribution in [-0.4, -0.2) is 48.4 Å². The average molecular weight is 775 g/mol. The molecule has 0 aliphatic rings. The molecule has 0 N–H and O–H groups in total. The van der Waals surface area contributed by atoms with Crippen LogP contribution in [0.15, 0.2) is 72.8 Å². The molecule has 0 aliphatic heterocycles. The molecular formula is C34H45BiO7. The maximum atomic E-state index is 13.1. The molecule has 228 valence electrons. The second-order valence-electron chi connectivity index (χ2n) is 13.2. The van der Waals surface area contributed by atoms with Crippen LogP contribution < -0.4 is 24.0 Å². The van der Waals surface area contributed by atoms with Crippen LogP contribution >= 0.6 is 0 Å². The minimum absolute atomic E-state index is 0.419. The van der Waals surface area contributed by atoms with Crippen molar-refractivity contribution in [2.24, 2.45) is 0 Å². The summed E-state index contributed by atoms with van der Waals surface area (Å²) in [6, 6.07) is 21.9. The average Bonchev–Trinajstić information content (AvgIpc) is 2.81. The number of ether oxygens (including phenoxy) is 3. The zero-order valence-corrected chi connectivity index (χ0v) is 30.2. The second kappa shape index (κ2) is 11.9. The summed E-state index contributed by atoms with van der Waals surface area (Å²) in [6.07, 6.45) is 0. The Balaban J connectivity index is 2.42. The first-order chi connectivity index (χ1) is 19.2. The Bertz CT molecular complexity index is 1220. The van der Waals surface area contributed by atoms with Crippen molar-refractivity contribution in [3.8, 4) is 17.2 Å². The molecule has 0 saturated heterocycles. The quantitative estimate of drug-likeness (QED) is 0.270. The van der Waals surface area contributed by atoms with E-state index in [2.05, 4.69) is 0 Å². The van der Waals surface area contributed by atoms with E-state index in [1.165, 1.54) is 13.8 Å². The van der Waals surface area contributed by atoms with Crippen LogP contribution in [0.5, 0.6) is 17.2 Å². The fourth-order valence-electron chi connectivity index (χ4n) is 4.69. The molecule has 0 heterocycles. The van der Waals surface area contributed by atoms with Crippen LogP contribution in [0.1, 0.15) is 76.2 Å². The zero-order valence-electron chi connectivity index (χ0n) is 26.7. The molecule has 3 aromatic carbocycles. The standard InChI is InChI=1S/3C10H13O.2C2H4O2.Bi/c3*1-10(2,3)11-9-7-5-4-6-8-9;2*1-2(3)4;/h3*5-8H,1-3H3;2*1H3,(H,3,4);/q;;;;;+2/p-2. The van der Waals surface area contributed by atoms with Gasteiger partial charge >= 0.3 is 254 Å². The van der Waals surface area contributed by atoms with E-state index < -0.39 is 48.4 Å². The molecule has 0 atom stereocenters. The molecule has 3 rings (SSSR count). The molecule has 0 aliphatic carbocycles. The van der Waals surface area contributed by atoms with Gasteiger partial charge in [0.2, 0.25) is 0 Å². The molecule has 8 heteroatoms. The van der Waals surface area contributed by atoms with Crippen molar-refractivity contribution in [3.05, 3.63) is 72.8 Å². The number of rotatable bonds is 8. The summed E-state index contributed by atoms with van der Waals surface area (Å²) < 4.78 is 33.1. The Morgan fingerprint density at radius 3 is 0.833 bits per heavy atom. The summed E-state index contributed by atoms with van der Waals surface area (Å²) in [5.74, 6) is 0.773. The topological polar surface area (TPSA) is 80.3 Å². The van der Waals surface area contributed by atoms with E-state index in [9.17, 15) is 9.59 Å². The number of carbonyl (C=O) groups excluding carboxylic acids is 2. The van der Waals surface area contributed by atoms with Crippen molar-refractivity contribution in [1.29, 1.82) is 0 Å². The van der Waals surface area contributed by atoms with Gasteiger partial charge in [0.25, 0.3) is 0 Å². The summed E-state index contributed by atoms with van der Waals surface area (Å²) in [6.45, 7) is 20.4. The van der Waals surface area contributed by atoms with Crippen molar-refractivity contribution in [1.82, 2.24) is 0 Å². The first-order valence-corrected chi connectivity index (χ1v) is 22.1. The van der Waals surface area contributed by atoms with Crippen LogP contribution in [0.25, 0.3) is 0 Å². The third kappa shape index (κ3) is 7.83. The number of benzene rings is 3. The van der Waals surface area contributed by atoms with Crippen molar-refractivity contribution >= 4 is 41.4 Å². The van der Waals surface area contributed by atoms with Crippen LogP contribution in [0.4, 0.5) is 0 Å². The molecule has 3 aromatic rings. The third-order valence-corrected chi connectivity index (χ3v) is 24.9. The van der Waals surface area contributed by atoms with Gasteiger partial charge in [0.15, 0.2) is 0 Å². The molecule has 0 spiro atoms. The predicted octanol–water partition coefficient (Wildman–Crippen LogP) is 5.76. The first kappa shape index (κ1) is 33.4. The van der Waals surface area contributed by atoms with Gasteiger partial charge < -0.3 is 0 Å². The van der Waals surface area contributed by atoms with E-state index in [1.807, 2.05) is 135 Å². The SMILES string of the molecule is CC(=O)[O][Bi]([O]C(C)=O)([c]1ccc(OC(C)(C)C)cc1)([c]1ccc(OC(C)(C)C)cc1)[c]1ccc(OC(C)(C)C)cc1. The second-order valence-corrected chi connectivity index (χ2v) is 28.1. The fourth-order valence-corrected chi connectivity index (χ4v) is 22.6. The van der Waals surface area contributed by atoms with Gasteiger partial charge in [-0.05, 0) is 0 Å². The molecule has 0 unspecified atom stereocenters. The summed E-state index contributed by atoms with van der Waals surface area (Å²) in [7, 11) is 0. The minimum atomic E-state index is -6.13. The van der Waals surface area contributed by atoms with E-state index in [-0.39, 0.29) is 0 Å². The summed E-state index contributed by atoms with van der Waals surface area (Å²) >= 11 is -6.13. The van der Waals surface area contributed by atoms with Gasteiger partial charge in [-0.1, -0.05) is 0 Å². The summed E-state index contributed by atoms with van der Waals surface area (Å²) in [5.41, 5.74) is -1.26. The molecule has 0 bridgehead atoms. The molecule has 0 saturated carbocycles. The number of hydrogen-bond acceptors (Lipinski definition) is 7. The van der Waals surface area contributed by atoms with Gasteiger partial charge in [0.1, 0.15) is 0 Å². The monoisotopic (exact) mass is 774 g/mol. The maximum absolute atomic E-state index is 13.1. The van der Waals surface area contributed by atoms with Crippen LogP contribution in [0, 0.1) is 0 Å². The molecule has 0 aromatic heterocycles. The van der Waals surface area contributed by atoms with Gasteiger partial charge in [0, 0.05) is 0 Å². The van der Waals surface area contributed by atoms with Gasteiger partial charge in [0.05, 0.1) is 0 Å². The van der Waals surface area contributed by atoms with E-state index in [1.54, 1.807) is 0 Å². The van der Waals surface area contributed by atoms with Crippen LogP contribution in [-0.2, 0) is 15.2 Å². The van der Waals surface area contributed by atoms with Crippen molar-refractivity contribution in [2.45, 2.75) is 93.0 Å². The van der Waals surface area contributed by atoms with Gasteiger partial charge in [-0.25, -0.2) is 0 Å².